The van der Waals surface area contributed by atoms with E-state index in [0.717, 1.165) is 27.3 Å². The van der Waals surface area contributed by atoms with Crippen molar-refractivity contribution in [3.05, 3.63) is 79.3 Å². The topological polar surface area (TPSA) is 87.3 Å². The second-order valence-electron chi connectivity index (χ2n) is 6.77. The van der Waals surface area contributed by atoms with Crippen molar-refractivity contribution >= 4 is 42.6 Å². The number of nitrogens with zero attached hydrogens (tertiary/aromatic N) is 3. The van der Waals surface area contributed by atoms with Crippen molar-refractivity contribution in [1.29, 1.82) is 0 Å². The standard InChI is InChI=1S/C18H16N6OP.F6P/c1-2-7-15-14(6-1)22-23-24(15)25-26(16-8-3-11-19-16,17-9-4-12-20-17)18-10-5-13-21-18;1-7(2,3,4,5)6/h1-13,19-21H;/q+1;-1. The summed E-state index contributed by atoms with van der Waals surface area (Å²) >= 11 is 0. The molecule has 4 heterocycles. The Kier molecular flexibility index (Phi) is 5.10. The van der Waals surface area contributed by atoms with Crippen molar-refractivity contribution in [1.82, 2.24) is 30.1 Å². The van der Waals surface area contributed by atoms with Gasteiger partial charge >= 0.3 is 40.5 Å². The molecule has 0 amide bonds. The summed E-state index contributed by atoms with van der Waals surface area (Å²) in [6, 6.07) is 19.8. The second-order valence-corrected chi connectivity index (χ2v) is 11.5. The molecule has 0 aliphatic carbocycles. The van der Waals surface area contributed by atoms with E-state index in [0.29, 0.717) is 0 Å². The molecule has 0 radical (unpaired) electrons. The van der Waals surface area contributed by atoms with Gasteiger partial charge in [0.2, 0.25) is 16.3 Å². The maximum Gasteiger partial charge on any atom is 0.371 e. The van der Waals surface area contributed by atoms with Crippen molar-refractivity contribution in [2.24, 2.45) is 0 Å². The molecule has 33 heavy (non-hydrogen) atoms. The van der Waals surface area contributed by atoms with Gasteiger partial charge in [-0.2, -0.15) is 0 Å². The summed E-state index contributed by atoms with van der Waals surface area (Å²) < 4.78 is 65.8. The van der Waals surface area contributed by atoms with Gasteiger partial charge < -0.3 is 15.0 Å². The van der Waals surface area contributed by atoms with Crippen molar-refractivity contribution < 1.29 is 29.8 Å². The fourth-order valence-corrected chi connectivity index (χ4v) is 6.15. The van der Waals surface area contributed by atoms with E-state index in [1.54, 1.807) is 0 Å². The summed E-state index contributed by atoms with van der Waals surface area (Å²) in [5.74, 6) is 0. The van der Waals surface area contributed by atoms with Crippen LogP contribution in [0.2, 0.25) is 0 Å². The van der Waals surface area contributed by atoms with Crippen LogP contribution >= 0.6 is 15.3 Å². The van der Waals surface area contributed by atoms with E-state index in [-0.39, 0.29) is 0 Å². The van der Waals surface area contributed by atoms with Crippen LogP contribution in [0.3, 0.4) is 0 Å². The van der Waals surface area contributed by atoms with Crippen molar-refractivity contribution in [3.8, 4) is 0 Å². The monoisotopic (exact) mass is 508 g/mol. The number of aromatic amines is 3. The minimum absolute atomic E-state index is 0.787. The smallest absolute Gasteiger partial charge is 0.330 e. The molecule has 0 aliphatic heterocycles. The summed E-state index contributed by atoms with van der Waals surface area (Å²) in [6.45, 7) is 0. The first-order chi connectivity index (χ1) is 15.3. The van der Waals surface area contributed by atoms with Gasteiger partial charge in [0.25, 0.3) is 0 Å². The Balaban J connectivity index is 0.000000325. The summed E-state index contributed by atoms with van der Waals surface area (Å²) in [5.41, 5.74) is 4.53. The van der Waals surface area contributed by atoms with Crippen LogP contribution in [0.15, 0.2) is 79.3 Å². The maximum atomic E-state index is 9.87. The molecule has 5 aromatic rings. The normalized spacial score (nSPS) is 14.2. The van der Waals surface area contributed by atoms with Crippen LogP contribution in [-0.4, -0.2) is 30.1 Å². The molecule has 5 rings (SSSR count). The number of rotatable bonds is 5. The van der Waals surface area contributed by atoms with Gasteiger partial charge in [-0.25, -0.2) is 4.62 Å². The summed E-state index contributed by atoms with van der Waals surface area (Å²) in [6.07, 6.45) is 5.70. The van der Waals surface area contributed by atoms with E-state index in [1.165, 1.54) is 4.85 Å². The fraction of sp³-hybridized carbons (Fsp3) is 0. The van der Waals surface area contributed by atoms with Crippen molar-refractivity contribution in [2.45, 2.75) is 0 Å². The number of para-hydroxylation sites is 1. The van der Waals surface area contributed by atoms with Crippen LogP contribution in [0, 0.1) is 0 Å². The molecule has 0 aliphatic rings. The molecule has 0 saturated carbocycles. The number of hydrogen-bond donors (Lipinski definition) is 3. The maximum absolute atomic E-state index is 10.7. The third-order valence-electron chi connectivity index (χ3n) is 4.28. The number of nitrogens with one attached hydrogen (secondary N) is 3. The molecule has 3 N–H and O–H groups in total. The molecule has 4 aromatic heterocycles. The molecule has 1 aromatic carbocycles. The first-order valence-electron chi connectivity index (χ1n) is 9.21. The average molecular weight is 508 g/mol. The minimum atomic E-state index is -10.7. The van der Waals surface area contributed by atoms with E-state index in [1.807, 2.05) is 79.3 Å². The predicted octanol–water partition coefficient (Wildman–Crippen LogP) is 5.14. The number of fused-ring (bicyclic) bond motifs is 1. The first kappa shape index (κ1) is 22.9. The SMILES string of the molecule is F[P-](F)(F)(F)(F)F.c1c[nH]c([P+](On2nnc3ccccc32)(c2ccc[nH]2)c2ccc[nH]2)c1. The second kappa shape index (κ2) is 7.36. The number of H-pyrrole nitrogens is 3. The van der Waals surface area contributed by atoms with E-state index < -0.39 is 15.3 Å². The van der Waals surface area contributed by atoms with Crippen LogP contribution in [0.25, 0.3) is 11.0 Å². The van der Waals surface area contributed by atoms with Crippen molar-refractivity contribution in [2.75, 3.05) is 0 Å². The average Bonchev–Trinajstić information content (AvgIpc) is 3.53. The fourth-order valence-electron chi connectivity index (χ4n) is 3.10. The largest absolute Gasteiger partial charge is 0.371 e. The van der Waals surface area contributed by atoms with Crippen LogP contribution in [0.4, 0.5) is 25.2 Å². The van der Waals surface area contributed by atoms with Gasteiger partial charge in [0.1, 0.15) is 11.0 Å². The van der Waals surface area contributed by atoms with Gasteiger partial charge in [0.05, 0.1) is 0 Å². The van der Waals surface area contributed by atoms with E-state index >= 15 is 0 Å². The number of benzene rings is 1. The molecule has 15 heteroatoms. The molecular formula is C18H16F6N6OP2. The van der Waals surface area contributed by atoms with Gasteiger partial charge in [0, 0.05) is 36.8 Å². The Labute approximate surface area is 182 Å². The number of aromatic nitrogens is 6. The molecule has 0 spiro atoms. The Morgan fingerprint density at radius 3 is 1.58 bits per heavy atom. The molecule has 0 atom stereocenters. The van der Waals surface area contributed by atoms with Gasteiger partial charge in [-0.15, -0.1) is 5.10 Å². The Morgan fingerprint density at radius 1 is 0.697 bits per heavy atom. The number of hydrogen-bond acceptors (Lipinski definition) is 3. The zero-order valence-electron chi connectivity index (χ0n) is 16.4. The summed E-state index contributed by atoms with van der Waals surface area (Å²) in [5, 5.41) is 8.46. The minimum Gasteiger partial charge on any atom is -0.330 e. The molecule has 0 fully saturated rings. The zero-order chi connectivity index (χ0) is 23.8. The summed E-state index contributed by atoms with van der Waals surface area (Å²) in [7, 11) is -13.2. The molecule has 176 valence electrons. The van der Waals surface area contributed by atoms with Gasteiger partial charge in [-0.05, 0) is 40.4 Å². The van der Waals surface area contributed by atoms with Crippen LogP contribution in [0.5, 0.6) is 0 Å². The van der Waals surface area contributed by atoms with Gasteiger partial charge in [-0.3, -0.25) is 0 Å². The van der Waals surface area contributed by atoms with Gasteiger partial charge in [0.15, 0.2) is 0 Å². The van der Waals surface area contributed by atoms with Crippen LogP contribution < -0.4 is 20.9 Å². The van der Waals surface area contributed by atoms with E-state index in [4.69, 9.17) is 4.62 Å². The predicted molar refractivity (Wildman–Crippen MR) is 116 cm³/mol. The van der Waals surface area contributed by atoms with Gasteiger partial charge in [-0.1, -0.05) is 12.1 Å². The van der Waals surface area contributed by atoms with E-state index in [9.17, 15) is 25.2 Å². The molecule has 0 unspecified atom stereocenters. The third kappa shape index (κ3) is 5.55. The summed E-state index contributed by atoms with van der Waals surface area (Å²) in [4.78, 5) is 11.5. The molecular weight excluding hydrogens is 492 g/mol. The van der Waals surface area contributed by atoms with Crippen LogP contribution in [0.1, 0.15) is 0 Å². The zero-order valence-corrected chi connectivity index (χ0v) is 18.2. The third-order valence-corrected chi connectivity index (χ3v) is 7.55. The van der Waals surface area contributed by atoms with E-state index in [2.05, 4.69) is 25.3 Å². The van der Waals surface area contributed by atoms with Crippen molar-refractivity contribution in [3.63, 3.8) is 0 Å². The molecule has 0 saturated heterocycles. The molecule has 7 nitrogen and oxygen atoms in total. The Hall–Kier alpha value is -3.30. The molecule has 0 bridgehead atoms. The van der Waals surface area contributed by atoms with Crippen LogP contribution in [-0.2, 0) is 0 Å². The Bertz CT molecular complexity index is 1240. The number of halogens is 6. The quantitative estimate of drug-likeness (QED) is 0.227. The Morgan fingerprint density at radius 2 is 1.15 bits per heavy atom. The first-order valence-corrected chi connectivity index (χ1v) is 12.9.